The normalized spacial score (nSPS) is 31.9. The maximum absolute atomic E-state index is 8.97. The van der Waals surface area contributed by atoms with Crippen molar-refractivity contribution in [2.75, 3.05) is 13.1 Å². The van der Waals surface area contributed by atoms with Gasteiger partial charge >= 0.3 is 0 Å². The summed E-state index contributed by atoms with van der Waals surface area (Å²) in [6, 6.07) is 3.00. The Balaban J connectivity index is 2.58. The molecule has 0 aromatic heterocycles. The first-order valence-electron chi connectivity index (χ1n) is 4.73. The molecule has 0 aromatic rings. The van der Waals surface area contributed by atoms with Gasteiger partial charge < -0.3 is 0 Å². The van der Waals surface area contributed by atoms with Crippen LogP contribution in [0.1, 0.15) is 33.6 Å². The molecule has 1 aliphatic rings. The lowest BCUT2D eigenvalue weighted by Gasteiger charge is -2.38. The third kappa shape index (κ3) is 1.98. The van der Waals surface area contributed by atoms with Gasteiger partial charge in [0.15, 0.2) is 0 Å². The smallest absolute Gasteiger partial charge is 0.0700 e. The van der Waals surface area contributed by atoms with Crippen LogP contribution in [0.25, 0.3) is 0 Å². The predicted molar refractivity (Wildman–Crippen MR) is 49.7 cm³/mol. The van der Waals surface area contributed by atoms with E-state index in [4.69, 9.17) is 5.26 Å². The Bertz CT molecular complexity index is 193. The second kappa shape index (κ2) is 3.45. The van der Waals surface area contributed by atoms with E-state index in [0.717, 1.165) is 19.5 Å². The first-order chi connectivity index (χ1) is 5.57. The van der Waals surface area contributed by atoms with Crippen molar-refractivity contribution in [2.24, 2.45) is 5.41 Å². The summed E-state index contributed by atoms with van der Waals surface area (Å²) in [6.45, 7) is 8.57. The van der Waals surface area contributed by atoms with E-state index >= 15 is 0 Å². The van der Waals surface area contributed by atoms with Crippen molar-refractivity contribution in [1.82, 2.24) is 4.90 Å². The molecule has 0 saturated carbocycles. The number of nitrogens with zero attached hydrogens (tertiary/aromatic N) is 2. The molecule has 0 unspecified atom stereocenters. The standard InChI is InChI=1S/C10H18N2/c1-9(2)12-6-4-5-10(3,7-11)8-12/h9H,4-6,8H2,1-3H3/t10-/m0/s1. The van der Waals surface area contributed by atoms with Crippen LogP contribution in [0.5, 0.6) is 0 Å². The Morgan fingerprint density at radius 3 is 2.67 bits per heavy atom. The van der Waals surface area contributed by atoms with Crippen LogP contribution < -0.4 is 0 Å². The zero-order valence-corrected chi connectivity index (χ0v) is 8.30. The predicted octanol–water partition coefficient (Wildman–Crippen LogP) is 2.02. The fraction of sp³-hybridized carbons (Fsp3) is 0.900. The second-order valence-corrected chi connectivity index (χ2v) is 4.34. The van der Waals surface area contributed by atoms with E-state index in [1.165, 1.54) is 6.42 Å². The van der Waals surface area contributed by atoms with E-state index in [0.29, 0.717) is 6.04 Å². The summed E-state index contributed by atoms with van der Waals surface area (Å²) in [6.07, 6.45) is 2.23. The van der Waals surface area contributed by atoms with Crippen LogP contribution in [0.3, 0.4) is 0 Å². The van der Waals surface area contributed by atoms with Gasteiger partial charge in [0.25, 0.3) is 0 Å². The van der Waals surface area contributed by atoms with Gasteiger partial charge in [0.1, 0.15) is 0 Å². The molecular formula is C10H18N2. The average Bonchev–Trinajstić information content (AvgIpc) is 2.05. The van der Waals surface area contributed by atoms with E-state index in [2.05, 4.69) is 31.7 Å². The van der Waals surface area contributed by atoms with Crippen molar-refractivity contribution in [3.63, 3.8) is 0 Å². The van der Waals surface area contributed by atoms with Crippen LogP contribution in [0.15, 0.2) is 0 Å². The van der Waals surface area contributed by atoms with Gasteiger partial charge in [-0.05, 0) is 40.2 Å². The number of hydrogen-bond acceptors (Lipinski definition) is 2. The molecule has 1 fully saturated rings. The fourth-order valence-electron chi connectivity index (χ4n) is 1.81. The van der Waals surface area contributed by atoms with Crippen molar-refractivity contribution >= 4 is 0 Å². The van der Waals surface area contributed by atoms with Crippen LogP contribution in [0.2, 0.25) is 0 Å². The summed E-state index contributed by atoms with van der Waals surface area (Å²) in [5.74, 6) is 0. The van der Waals surface area contributed by atoms with E-state index in [9.17, 15) is 0 Å². The molecule has 1 aliphatic heterocycles. The van der Waals surface area contributed by atoms with Gasteiger partial charge in [0.2, 0.25) is 0 Å². The lowest BCUT2D eigenvalue weighted by atomic mass is 9.83. The van der Waals surface area contributed by atoms with Crippen molar-refractivity contribution < 1.29 is 0 Å². The van der Waals surface area contributed by atoms with Gasteiger partial charge in [-0.15, -0.1) is 0 Å². The van der Waals surface area contributed by atoms with Crippen molar-refractivity contribution in [2.45, 2.75) is 39.7 Å². The molecule has 1 atom stereocenters. The van der Waals surface area contributed by atoms with Crippen LogP contribution in [0.4, 0.5) is 0 Å². The molecule has 0 aromatic carbocycles. The lowest BCUT2D eigenvalue weighted by molar-refractivity contribution is 0.113. The highest BCUT2D eigenvalue weighted by molar-refractivity contribution is 5.00. The molecule has 0 radical (unpaired) electrons. The minimum Gasteiger partial charge on any atom is -0.299 e. The topological polar surface area (TPSA) is 27.0 Å². The molecule has 0 aliphatic carbocycles. The van der Waals surface area contributed by atoms with Crippen molar-refractivity contribution in [1.29, 1.82) is 5.26 Å². The third-order valence-corrected chi connectivity index (χ3v) is 2.73. The first kappa shape index (κ1) is 9.54. The van der Waals surface area contributed by atoms with E-state index in [1.807, 2.05) is 0 Å². The number of hydrogen-bond donors (Lipinski definition) is 0. The monoisotopic (exact) mass is 166 g/mol. The Labute approximate surface area is 75.2 Å². The maximum atomic E-state index is 8.97. The van der Waals surface area contributed by atoms with E-state index in [-0.39, 0.29) is 5.41 Å². The minimum absolute atomic E-state index is 0.0947. The molecule has 0 N–H and O–H groups in total. The highest BCUT2D eigenvalue weighted by Gasteiger charge is 2.31. The average molecular weight is 166 g/mol. The summed E-state index contributed by atoms with van der Waals surface area (Å²) in [5.41, 5.74) is -0.0947. The molecular weight excluding hydrogens is 148 g/mol. The molecule has 2 heteroatoms. The quantitative estimate of drug-likeness (QED) is 0.596. The second-order valence-electron chi connectivity index (χ2n) is 4.34. The summed E-state index contributed by atoms with van der Waals surface area (Å²) in [7, 11) is 0. The van der Waals surface area contributed by atoms with Crippen LogP contribution in [0, 0.1) is 16.7 Å². The molecule has 2 nitrogen and oxygen atoms in total. The Hall–Kier alpha value is -0.550. The lowest BCUT2D eigenvalue weighted by Crippen LogP contribution is -2.44. The molecule has 1 rings (SSSR count). The van der Waals surface area contributed by atoms with Crippen LogP contribution in [-0.4, -0.2) is 24.0 Å². The third-order valence-electron chi connectivity index (χ3n) is 2.73. The summed E-state index contributed by atoms with van der Waals surface area (Å²) < 4.78 is 0. The van der Waals surface area contributed by atoms with E-state index < -0.39 is 0 Å². The van der Waals surface area contributed by atoms with Crippen LogP contribution >= 0.6 is 0 Å². The highest BCUT2D eigenvalue weighted by Crippen LogP contribution is 2.29. The van der Waals surface area contributed by atoms with E-state index in [1.54, 1.807) is 0 Å². The van der Waals surface area contributed by atoms with Crippen molar-refractivity contribution in [3.05, 3.63) is 0 Å². The summed E-state index contributed by atoms with van der Waals surface area (Å²) in [5, 5.41) is 8.97. The number of nitriles is 1. The maximum Gasteiger partial charge on any atom is 0.0700 e. The Kier molecular flexibility index (Phi) is 2.74. The summed E-state index contributed by atoms with van der Waals surface area (Å²) in [4.78, 5) is 2.40. The summed E-state index contributed by atoms with van der Waals surface area (Å²) >= 11 is 0. The Morgan fingerprint density at radius 1 is 1.50 bits per heavy atom. The fourth-order valence-corrected chi connectivity index (χ4v) is 1.81. The van der Waals surface area contributed by atoms with Gasteiger partial charge in [-0.2, -0.15) is 5.26 Å². The van der Waals surface area contributed by atoms with Gasteiger partial charge in [0.05, 0.1) is 11.5 Å². The molecule has 1 saturated heterocycles. The number of likely N-dealkylation sites (tertiary alicyclic amines) is 1. The number of piperidine rings is 1. The van der Waals surface area contributed by atoms with Crippen molar-refractivity contribution in [3.8, 4) is 6.07 Å². The zero-order valence-electron chi connectivity index (χ0n) is 8.30. The molecule has 0 bridgehead atoms. The molecule has 12 heavy (non-hydrogen) atoms. The first-order valence-corrected chi connectivity index (χ1v) is 4.73. The van der Waals surface area contributed by atoms with Gasteiger partial charge in [-0.25, -0.2) is 0 Å². The zero-order chi connectivity index (χ0) is 9.19. The molecule has 68 valence electrons. The molecule has 0 amide bonds. The minimum atomic E-state index is -0.0947. The Morgan fingerprint density at radius 2 is 2.17 bits per heavy atom. The molecule has 0 spiro atoms. The van der Waals surface area contributed by atoms with Gasteiger partial charge in [-0.3, -0.25) is 4.90 Å². The van der Waals surface area contributed by atoms with Gasteiger partial charge in [-0.1, -0.05) is 0 Å². The van der Waals surface area contributed by atoms with Crippen LogP contribution in [-0.2, 0) is 0 Å². The highest BCUT2D eigenvalue weighted by atomic mass is 15.2. The molecule has 1 heterocycles. The van der Waals surface area contributed by atoms with Gasteiger partial charge in [0, 0.05) is 12.6 Å². The number of rotatable bonds is 1. The SMILES string of the molecule is CC(C)N1CCC[C@@](C)(C#N)C1. The largest absolute Gasteiger partial charge is 0.299 e.